The second-order valence-corrected chi connectivity index (χ2v) is 6.43. The summed E-state index contributed by atoms with van der Waals surface area (Å²) < 4.78 is 107. The van der Waals surface area contributed by atoms with Crippen molar-refractivity contribution in [3.63, 3.8) is 0 Å². The Morgan fingerprint density at radius 3 is 1.52 bits per heavy atom. The number of hydrogen-bond donors (Lipinski definition) is 2. The third-order valence-electron chi connectivity index (χ3n) is 4.64. The minimum Gasteiger partial charge on any atom is -0.321 e. The fourth-order valence-electron chi connectivity index (χ4n) is 3.24. The van der Waals surface area contributed by atoms with E-state index >= 15 is 0 Å². The summed E-state index contributed by atoms with van der Waals surface area (Å²) in [4.78, 5) is 24.7. The number of fused-ring (bicyclic) bond motifs is 1. The number of benzene rings is 2. The molecule has 0 aromatic heterocycles. The molecule has 31 heavy (non-hydrogen) atoms. The molecule has 4 nitrogen and oxygen atoms in total. The van der Waals surface area contributed by atoms with Gasteiger partial charge in [-0.2, -0.15) is 13.2 Å². The lowest BCUT2D eigenvalue weighted by atomic mass is 10.0. The average molecular weight is 446 g/mol. The van der Waals surface area contributed by atoms with Crippen LogP contribution in [0.15, 0.2) is 35.4 Å². The molecule has 2 aromatic rings. The molecule has 2 aliphatic rings. The van der Waals surface area contributed by atoms with Crippen LogP contribution in [0.25, 0.3) is 11.4 Å². The smallest absolute Gasteiger partial charge is 0.321 e. The van der Waals surface area contributed by atoms with Gasteiger partial charge in [0, 0.05) is 0 Å². The average Bonchev–Trinajstić information content (AvgIpc) is 3.23. The summed E-state index contributed by atoms with van der Waals surface area (Å²) in [5.41, 5.74) is -5.04. The minimum atomic E-state index is -4.65. The van der Waals surface area contributed by atoms with Gasteiger partial charge in [-0.1, -0.05) is 12.1 Å². The van der Waals surface area contributed by atoms with Crippen LogP contribution in [-0.4, -0.2) is 11.8 Å². The summed E-state index contributed by atoms with van der Waals surface area (Å²) in [6, 6.07) is 3.24. The zero-order valence-electron chi connectivity index (χ0n) is 14.6. The molecule has 2 N–H and O–H groups in total. The lowest BCUT2D eigenvalue weighted by Gasteiger charge is -2.11. The lowest BCUT2D eigenvalue weighted by molar-refractivity contribution is -0.137. The van der Waals surface area contributed by atoms with Crippen LogP contribution in [0.5, 0.6) is 0 Å². The molecule has 0 saturated heterocycles. The maximum Gasteiger partial charge on any atom is 0.416 e. The van der Waals surface area contributed by atoms with Gasteiger partial charge in [0.2, 0.25) is 5.82 Å². The van der Waals surface area contributed by atoms with Gasteiger partial charge in [0.1, 0.15) is 0 Å². The molecule has 160 valence electrons. The van der Waals surface area contributed by atoms with Gasteiger partial charge in [-0.3, -0.25) is 9.59 Å². The van der Waals surface area contributed by atoms with Gasteiger partial charge >= 0.3 is 6.18 Å². The zero-order chi connectivity index (χ0) is 22.8. The van der Waals surface area contributed by atoms with Gasteiger partial charge in [-0.25, -0.2) is 22.0 Å². The van der Waals surface area contributed by atoms with Gasteiger partial charge in [-0.05, 0) is 17.7 Å². The summed E-state index contributed by atoms with van der Waals surface area (Å²) in [7, 11) is 0. The van der Waals surface area contributed by atoms with Crippen molar-refractivity contribution in [2.75, 3.05) is 0 Å². The Bertz CT molecular complexity index is 1210. The van der Waals surface area contributed by atoms with Gasteiger partial charge in [-0.15, -0.1) is 0 Å². The first-order chi connectivity index (χ1) is 14.4. The van der Waals surface area contributed by atoms with E-state index in [1.54, 1.807) is 0 Å². The third-order valence-corrected chi connectivity index (χ3v) is 4.64. The van der Waals surface area contributed by atoms with Crippen molar-refractivity contribution in [1.29, 1.82) is 0 Å². The van der Waals surface area contributed by atoms with Crippen LogP contribution in [0, 0.1) is 29.1 Å². The molecule has 0 fully saturated rings. The van der Waals surface area contributed by atoms with Crippen molar-refractivity contribution in [1.82, 2.24) is 10.6 Å². The van der Waals surface area contributed by atoms with E-state index in [-0.39, 0.29) is 11.3 Å². The molecule has 12 heteroatoms. The maximum absolute atomic E-state index is 14.2. The number of hydrogen-bond acceptors (Lipinski definition) is 2. The van der Waals surface area contributed by atoms with Crippen molar-refractivity contribution in [2.24, 2.45) is 0 Å². The standard InChI is InChI=1S/C19H6F8N2O2/c20-10-9(11(21)13(23)14(24)12(10)22)16-8-7(17(30)29-16)15(28-18(8)31)5-1-3-6(4-2-5)19(25,26)27/h1-4H,(H,28,31)(H,29,30). The van der Waals surface area contributed by atoms with Gasteiger partial charge < -0.3 is 10.6 Å². The number of carbonyl (C=O) groups is 2. The van der Waals surface area contributed by atoms with Crippen molar-refractivity contribution in [3.05, 3.63) is 81.2 Å². The largest absolute Gasteiger partial charge is 0.416 e. The van der Waals surface area contributed by atoms with Crippen LogP contribution in [0.2, 0.25) is 0 Å². The Labute approximate surface area is 166 Å². The highest BCUT2D eigenvalue weighted by molar-refractivity contribution is 6.30. The Morgan fingerprint density at radius 1 is 0.613 bits per heavy atom. The summed E-state index contributed by atoms with van der Waals surface area (Å²) in [6.45, 7) is 0. The number of alkyl halides is 3. The van der Waals surface area contributed by atoms with Crippen LogP contribution in [-0.2, 0) is 15.8 Å². The highest BCUT2D eigenvalue weighted by Gasteiger charge is 2.43. The molecule has 2 aromatic carbocycles. The quantitative estimate of drug-likeness (QED) is 0.419. The van der Waals surface area contributed by atoms with Crippen molar-refractivity contribution >= 4 is 23.2 Å². The molecule has 4 rings (SSSR count). The highest BCUT2D eigenvalue weighted by Crippen LogP contribution is 2.40. The first-order valence-corrected chi connectivity index (χ1v) is 8.24. The Hall–Kier alpha value is -3.70. The molecule has 0 saturated carbocycles. The lowest BCUT2D eigenvalue weighted by Crippen LogP contribution is -2.23. The molecule has 0 radical (unpaired) electrons. The van der Waals surface area contributed by atoms with E-state index in [9.17, 15) is 44.7 Å². The fourth-order valence-corrected chi connectivity index (χ4v) is 3.24. The predicted molar refractivity (Wildman–Crippen MR) is 87.8 cm³/mol. The summed E-state index contributed by atoms with van der Waals surface area (Å²) in [5.74, 6) is -13.8. The second-order valence-electron chi connectivity index (χ2n) is 6.43. The maximum atomic E-state index is 14.2. The summed E-state index contributed by atoms with van der Waals surface area (Å²) in [6.07, 6.45) is -4.65. The van der Waals surface area contributed by atoms with E-state index in [0.29, 0.717) is 12.1 Å². The Kier molecular flexibility index (Phi) is 4.41. The predicted octanol–water partition coefficient (Wildman–Crippen LogP) is 3.78. The van der Waals surface area contributed by atoms with Crippen LogP contribution < -0.4 is 10.6 Å². The SMILES string of the molecule is O=C1NC(c2c(F)c(F)c(F)c(F)c2F)=C2C(=O)NC(c3ccc(C(F)(F)F)cc3)=C12. The molecule has 2 heterocycles. The highest BCUT2D eigenvalue weighted by atomic mass is 19.4. The molecule has 2 aliphatic heterocycles. The van der Waals surface area contributed by atoms with Crippen LogP contribution in [0.4, 0.5) is 35.1 Å². The van der Waals surface area contributed by atoms with E-state index in [0.717, 1.165) is 12.1 Å². The number of amides is 2. The fraction of sp³-hybridized carbons (Fsp3) is 0.0526. The molecule has 0 bridgehead atoms. The third kappa shape index (κ3) is 2.97. The zero-order valence-corrected chi connectivity index (χ0v) is 14.6. The number of rotatable bonds is 2. The molecule has 0 aliphatic carbocycles. The van der Waals surface area contributed by atoms with Crippen molar-refractivity contribution < 1.29 is 44.7 Å². The van der Waals surface area contributed by atoms with E-state index in [2.05, 4.69) is 5.32 Å². The number of carbonyl (C=O) groups excluding carboxylic acids is 2. The van der Waals surface area contributed by atoms with Crippen LogP contribution in [0.3, 0.4) is 0 Å². The number of nitrogens with one attached hydrogen (secondary N) is 2. The van der Waals surface area contributed by atoms with Crippen LogP contribution in [0.1, 0.15) is 16.7 Å². The van der Waals surface area contributed by atoms with Crippen molar-refractivity contribution in [3.8, 4) is 0 Å². The van der Waals surface area contributed by atoms with Gasteiger partial charge in [0.25, 0.3) is 11.8 Å². The monoisotopic (exact) mass is 446 g/mol. The van der Waals surface area contributed by atoms with E-state index < -0.39 is 75.0 Å². The molecule has 0 unspecified atom stereocenters. The van der Waals surface area contributed by atoms with Gasteiger partial charge in [0.05, 0.1) is 33.7 Å². The topological polar surface area (TPSA) is 58.2 Å². The van der Waals surface area contributed by atoms with E-state index in [1.165, 1.54) is 0 Å². The van der Waals surface area contributed by atoms with E-state index in [1.807, 2.05) is 5.32 Å². The molecular weight excluding hydrogens is 440 g/mol. The Balaban J connectivity index is 1.92. The molecular formula is C19H6F8N2O2. The van der Waals surface area contributed by atoms with Crippen molar-refractivity contribution in [2.45, 2.75) is 6.18 Å². The molecule has 2 amide bonds. The molecule has 0 atom stereocenters. The summed E-state index contributed by atoms with van der Waals surface area (Å²) >= 11 is 0. The first kappa shape index (κ1) is 20.6. The van der Waals surface area contributed by atoms with Crippen LogP contribution >= 0.6 is 0 Å². The van der Waals surface area contributed by atoms with E-state index in [4.69, 9.17) is 0 Å². The van der Waals surface area contributed by atoms with Gasteiger partial charge in [0.15, 0.2) is 23.3 Å². The first-order valence-electron chi connectivity index (χ1n) is 8.24. The summed E-state index contributed by atoms with van der Waals surface area (Å²) in [5, 5.41) is 4.07. The number of halogens is 8. The normalized spacial score (nSPS) is 16.1. The minimum absolute atomic E-state index is 0.0554. The second kappa shape index (κ2) is 6.65. The Morgan fingerprint density at radius 2 is 1.03 bits per heavy atom. The molecule has 0 spiro atoms.